The Bertz CT molecular complexity index is 783. The van der Waals surface area contributed by atoms with E-state index in [9.17, 15) is 10.5 Å². The molecule has 5 nitrogen and oxygen atoms in total. The van der Waals surface area contributed by atoms with Crippen LogP contribution >= 0.6 is 15.9 Å². The predicted octanol–water partition coefficient (Wildman–Crippen LogP) is 2.46. The Morgan fingerprint density at radius 3 is 2.33 bits per heavy atom. The lowest BCUT2D eigenvalue weighted by atomic mass is 9.94. The van der Waals surface area contributed by atoms with Gasteiger partial charge in [0.15, 0.2) is 0 Å². The van der Waals surface area contributed by atoms with Crippen LogP contribution in [0.2, 0.25) is 0 Å². The Balaban J connectivity index is 2.60. The minimum absolute atomic E-state index is 0.119. The van der Waals surface area contributed by atoms with Crippen LogP contribution in [0.15, 0.2) is 40.0 Å². The van der Waals surface area contributed by atoms with Crippen LogP contribution in [0.25, 0.3) is 0 Å². The number of benzene rings is 1. The SMILES string of the molecule is N#CC(C#N)=C(N)[C@]1(C#N)[C@H](C#N)[C@@H]1c1cccc(Br)c1. The zero-order chi connectivity index (χ0) is 15.6. The molecule has 1 saturated carbocycles. The van der Waals surface area contributed by atoms with Crippen molar-refractivity contribution in [1.29, 1.82) is 21.0 Å². The standard InChI is InChI=1S/C15H8BrN5/c16-11-3-1-2-9(4-11)13-12(7-19)15(13,8-20)14(21)10(5-17)6-18/h1-4,12-13H,21H2/t12-,13+,15-/m1/s1. The number of allylic oxidation sites excluding steroid dienone is 2. The minimum atomic E-state index is -1.31. The molecule has 0 aliphatic heterocycles. The van der Waals surface area contributed by atoms with Crippen molar-refractivity contribution < 1.29 is 0 Å². The van der Waals surface area contributed by atoms with Crippen LogP contribution in [0, 0.1) is 56.7 Å². The van der Waals surface area contributed by atoms with Crippen molar-refractivity contribution in [3.05, 3.63) is 45.6 Å². The van der Waals surface area contributed by atoms with E-state index in [0.717, 1.165) is 10.0 Å². The van der Waals surface area contributed by atoms with Gasteiger partial charge in [0.25, 0.3) is 0 Å². The molecular weight excluding hydrogens is 330 g/mol. The van der Waals surface area contributed by atoms with E-state index in [1.54, 1.807) is 30.3 Å². The molecule has 3 atom stereocenters. The smallest absolute Gasteiger partial charge is 0.150 e. The van der Waals surface area contributed by atoms with E-state index in [2.05, 4.69) is 22.0 Å². The summed E-state index contributed by atoms with van der Waals surface area (Å²) in [6.45, 7) is 0. The molecule has 1 aliphatic rings. The van der Waals surface area contributed by atoms with Gasteiger partial charge < -0.3 is 5.73 Å². The second-order valence-electron chi connectivity index (χ2n) is 4.63. The highest BCUT2D eigenvalue weighted by atomic mass is 79.9. The van der Waals surface area contributed by atoms with E-state index >= 15 is 0 Å². The van der Waals surface area contributed by atoms with Gasteiger partial charge in [0.2, 0.25) is 0 Å². The predicted molar refractivity (Wildman–Crippen MR) is 76.5 cm³/mol. The molecule has 100 valence electrons. The molecular formula is C15H8BrN5. The largest absolute Gasteiger partial charge is 0.399 e. The zero-order valence-electron chi connectivity index (χ0n) is 10.7. The maximum Gasteiger partial charge on any atom is 0.150 e. The van der Waals surface area contributed by atoms with Gasteiger partial charge in [-0.2, -0.15) is 21.0 Å². The lowest BCUT2D eigenvalue weighted by Gasteiger charge is -2.09. The average molecular weight is 338 g/mol. The summed E-state index contributed by atoms with van der Waals surface area (Å²) in [5.41, 5.74) is 4.91. The average Bonchev–Trinajstić information content (AvgIpc) is 3.17. The third-order valence-corrected chi connectivity index (χ3v) is 4.17. The van der Waals surface area contributed by atoms with Crippen molar-refractivity contribution >= 4 is 15.9 Å². The van der Waals surface area contributed by atoms with Gasteiger partial charge in [-0.05, 0) is 17.7 Å². The number of hydrogen-bond acceptors (Lipinski definition) is 5. The van der Waals surface area contributed by atoms with E-state index in [1.165, 1.54) is 0 Å². The summed E-state index contributed by atoms with van der Waals surface area (Å²) in [4.78, 5) is 0. The fourth-order valence-electron chi connectivity index (χ4n) is 2.61. The summed E-state index contributed by atoms with van der Waals surface area (Å²) in [5, 5.41) is 36.7. The van der Waals surface area contributed by atoms with Gasteiger partial charge in [0.05, 0.1) is 23.8 Å². The van der Waals surface area contributed by atoms with Crippen molar-refractivity contribution in [2.24, 2.45) is 17.1 Å². The van der Waals surface area contributed by atoms with Gasteiger partial charge in [-0.1, -0.05) is 28.1 Å². The van der Waals surface area contributed by atoms with Crippen LogP contribution in [0.5, 0.6) is 0 Å². The van der Waals surface area contributed by atoms with E-state index in [4.69, 9.17) is 16.3 Å². The molecule has 0 heterocycles. The Labute approximate surface area is 130 Å². The molecule has 0 radical (unpaired) electrons. The van der Waals surface area contributed by atoms with Crippen molar-refractivity contribution in [1.82, 2.24) is 0 Å². The van der Waals surface area contributed by atoms with Gasteiger partial charge in [-0.15, -0.1) is 0 Å². The molecule has 0 saturated heterocycles. The molecule has 1 aliphatic carbocycles. The summed E-state index contributed by atoms with van der Waals surface area (Å²) in [7, 11) is 0. The first-order chi connectivity index (χ1) is 10.1. The van der Waals surface area contributed by atoms with E-state index in [0.29, 0.717) is 0 Å². The van der Waals surface area contributed by atoms with Crippen LogP contribution in [0.4, 0.5) is 0 Å². The maximum absolute atomic E-state index is 9.52. The third-order valence-electron chi connectivity index (χ3n) is 3.68. The highest BCUT2D eigenvalue weighted by Gasteiger charge is 2.69. The first-order valence-electron chi connectivity index (χ1n) is 5.93. The molecule has 6 heteroatoms. The van der Waals surface area contributed by atoms with Gasteiger partial charge >= 0.3 is 0 Å². The Kier molecular flexibility index (Phi) is 3.68. The topological polar surface area (TPSA) is 121 Å². The highest BCUT2D eigenvalue weighted by Crippen LogP contribution is 2.67. The monoisotopic (exact) mass is 337 g/mol. The second-order valence-corrected chi connectivity index (χ2v) is 5.55. The van der Waals surface area contributed by atoms with Crippen molar-refractivity contribution in [3.8, 4) is 24.3 Å². The molecule has 1 aromatic carbocycles. The number of halogens is 1. The molecule has 0 bridgehead atoms. The van der Waals surface area contributed by atoms with E-state index in [-0.39, 0.29) is 11.3 Å². The Morgan fingerprint density at radius 1 is 1.19 bits per heavy atom. The molecule has 2 N–H and O–H groups in total. The van der Waals surface area contributed by atoms with Crippen molar-refractivity contribution in [2.45, 2.75) is 5.92 Å². The van der Waals surface area contributed by atoms with Gasteiger partial charge in [-0.3, -0.25) is 0 Å². The lowest BCUT2D eigenvalue weighted by Crippen LogP contribution is -2.17. The fourth-order valence-corrected chi connectivity index (χ4v) is 3.02. The van der Waals surface area contributed by atoms with Crippen LogP contribution in [-0.2, 0) is 0 Å². The number of nitrogens with two attached hydrogens (primary N) is 1. The normalized spacial score (nSPS) is 25.6. The Hall–Kier alpha value is -2.80. The minimum Gasteiger partial charge on any atom is -0.399 e. The van der Waals surface area contributed by atoms with E-state index in [1.807, 2.05) is 12.1 Å². The summed E-state index contributed by atoms with van der Waals surface area (Å²) < 4.78 is 0.818. The number of hydrogen-bond donors (Lipinski definition) is 1. The summed E-state index contributed by atoms with van der Waals surface area (Å²) in [6.07, 6.45) is 0. The first kappa shape index (κ1) is 14.6. The fraction of sp³-hybridized carbons (Fsp3) is 0.200. The summed E-state index contributed by atoms with van der Waals surface area (Å²) in [5.74, 6) is -1.12. The summed E-state index contributed by atoms with van der Waals surface area (Å²) >= 11 is 3.34. The van der Waals surface area contributed by atoms with E-state index < -0.39 is 17.3 Å². The van der Waals surface area contributed by atoms with Gasteiger partial charge in [0.1, 0.15) is 23.1 Å². The quantitative estimate of drug-likeness (QED) is 0.830. The third kappa shape index (κ3) is 2.03. The Morgan fingerprint density at radius 2 is 1.86 bits per heavy atom. The highest BCUT2D eigenvalue weighted by molar-refractivity contribution is 9.10. The molecule has 2 rings (SSSR count). The summed E-state index contributed by atoms with van der Waals surface area (Å²) in [6, 6.07) is 14.7. The molecule has 21 heavy (non-hydrogen) atoms. The number of nitrogens with zero attached hydrogens (tertiary/aromatic N) is 4. The molecule has 0 spiro atoms. The molecule has 0 aromatic heterocycles. The lowest BCUT2D eigenvalue weighted by molar-refractivity contribution is 0.719. The van der Waals surface area contributed by atoms with Crippen molar-refractivity contribution in [3.63, 3.8) is 0 Å². The van der Waals surface area contributed by atoms with Crippen LogP contribution < -0.4 is 5.73 Å². The number of nitriles is 4. The second kappa shape index (κ2) is 5.29. The van der Waals surface area contributed by atoms with Crippen LogP contribution in [0.3, 0.4) is 0 Å². The van der Waals surface area contributed by atoms with Gasteiger partial charge in [-0.25, -0.2) is 0 Å². The molecule has 1 aromatic rings. The molecule has 0 unspecified atom stereocenters. The molecule has 0 amide bonds. The number of rotatable bonds is 2. The first-order valence-corrected chi connectivity index (χ1v) is 6.72. The zero-order valence-corrected chi connectivity index (χ0v) is 12.3. The molecule has 1 fully saturated rings. The van der Waals surface area contributed by atoms with Crippen LogP contribution in [0.1, 0.15) is 11.5 Å². The van der Waals surface area contributed by atoms with Gasteiger partial charge in [0, 0.05) is 10.4 Å². The van der Waals surface area contributed by atoms with Crippen molar-refractivity contribution in [2.75, 3.05) is 0 Å². The maximum atomic E-state index is 9.52. The van der Waals surface area contributed by atoms with Crippen LogP contribution in [-0.4, -0.2) is 0 Å².